The summed E-state index contributed by atoms with van der Waals surface area (Å²) in [4.78, 5) is 24.2. The number of carbonyl (C=O) groups is 2. The second-order valence-corrected chi connectivity index (χ2v) is 6.28. The molecule has 0 radical (unpaired) electrons. The number of rotatable bonds is 8. The summed E-state index contributed by atoms with van der Waals surface area (Å²) >= 11 is 0. The van der Waals surface area contributed by atoms with E-state index in [4.69, 9.17) is 4.42 Å². The first-order valence-corrected chi connectivity index (χ1v) is 8.41. The van der Waals surface area contributed by atoms with Crippen LogP contribution in [-0.2, 0) is 4.79 Å². The van der Waals surface area contributed by atoms with E-state index in [0.717, 1.165) is 5.69 Å². The van der Waals surface area contributed by atoms with Crippen LogP contribution >= 0.6 is 0 Å². The number of hydrogen-bond donors (Lipinski definition) is 3. The smallest absolute Gasteiger partial charge is 0.287 e. The fourth-order valence-electron chi connectivity index (χ4n) is 2.31. The molecule has 1 aromatic heterocycles. The van der Waals surface area contributed by atoms with E-state index < -0.39 is 11.9 Å². The molecule has 0 fully saturated rings. The van der Waals surface area contributed by atoms with Gasteiger partial charge in [0.25, 0.3) is 5.91 Å². The van der Waals surface area contributed by atoms with E-state index >= 15 is 0 Å². The summed E-state index contributed by atoms with van der Waals surface area (Å²) in [7, 11) is 0. The maximum absolute atomic E-state index is 12.2. The second-order valence-electron chi connectivity index (χ2n) is 6.28. The SMILES string of the molecule is CC(NC(=O)c1ccco1)C(=O)NCC(Nc1ccccc1)C(C)C. The quantitative estimate of drug-likeness (QED) is 0.688. The Hall–Kier alpha value is -2.76. The lowest BCUT2D eigenvalue weighted by atomic mass is 10.0. The molecular formula is C19H25N3O3. The van der Waals surface area contributed by atoms with Crippen LogP contribution < -0.4 is 16.0 Å². The summed E-state index contributed by atoms with van der Waals surface area (Å²) in [6.07, 6.45) is 1.42. The van der Waals surface area contributed by atoms with Gasteiger partial charge in [0.1, 0.15) is 6.04 Å². The minimum Gasteiger partial charge on any atom is -0.459 e. The van der Waals surface area contributed by atoms with E-state index in [-0.39, 0.29) is 17.7 Å². The van der Waals surface area contributed by atoms with Crippen LogP contribution in [0.4, 0.5) is 5.69 Å². The molecule has 2 rings (SSSR count). The molecule has 134 valence electrons. The van der Waals surface area contributed by atoms with Gasteiger partial charge in [-0.3, -0.25) is 9.59 Å². The number of benzene rings is 1. The summed E-state index contributed by atoms with van der Waals surface area (Å²) in [5.74, 6) is -0.130. The normalized spacial score (nSPS) is 13.1. The Bertz CT molecular complexity index is 668. The van der Waals surface area contributed by atoms with Crippen molar-refractivity contribution in [3.8, 4) is 0 Å². The predicted octanol–water partition coefficient (Wildman–Crippen LogP) is 2.65. The van der Waals surface area contributed by atoms with Crippen LogP contribution in [0, 0.1) is 5.92 Å². The van der Waals surface area contributed by atoms with Crippen molar-refractivity contribution >= 4 is 17.5 Å². The Balaban J connectivity index is 1.84. The monoisotopic (exact) mass is 343 g/mol. The van der Waals surface area contributed by atoms with Crippen LogP contribution in [0.1, 0.15) is 31.3 Å². The largest absolute Gasteiger partial charge is 0.459 e. The highest BCUT2D eigenvalue weighted by atomic mass is 16.3. The molecule has 0 aliphatic rings. The zero-order chi connectivity index (χ0) is 18.2. The number of hydrogen-bond acceptors (Lipinski definition) is 4. The fourth-order valence-corrected chi connectivity index (χ4v) is 2.31. The molecule has 0 bridgehead atoms. The molecule has 2 amide bonds. The van der Waals surface area contributed by atoms with Crippen molar-refractivity contribution in [1.29, 1.82) is 0 Å². The molecule has 0 aliphatic heterocycles. The van der Waals surface area contributed by atoms with Gasteiger partial charge in [0.2, 0.25) is 5.91 Å². The van der Waals surface area contributed by atoms with Gasteiger partial charge in [0, 0.05) is 18.3 Å². The molecule has 2 unspecified atom stereocenters. The van der Waals surface area contributed by atoms with Crippen molar-refractivity contribution in [3.63, 3.8) is 0 Å². The Morgan fingerprint density at radius 1 is 1.04 bits per heavy atom. The van der Waals surface area contributed by atoms with E-state index in [2.05, 4.69) is 29.8 Å². The lowest BCUT2D eigenvalue weighted by molar-refractivity contribution is -0.122. The van der Waals surface area contributed by atoms with Crippen molar-refractivity contribution in [2.75, 3.05) is 11.9 Å². The minimum absolute atomic E-state index is 0.0827. The Kier molecular flexibility index (Phi) is 6.62. The van der Waals surface area contributed by atoms with Gasteiger partial charge in [-0.25, -0.2) is 0 Å². The molecule has 6 nitrogen and oxygen atoms in total. The van der Waals surface area contributed by atoms with Gasteiger partial charge in [0.15, 0.2) is 5.76 Å². The number of amides is 2. The third-order valence-corrected chi connectivity index (χ3v) is 3.91. The number of nitrogens with one attached hydrogen (secondary N) is 3. The minimum atomic E-state index is -0.651. The Labute approximate surface area is 148 Å². The molecule has 2 atom stereocenters. The molecule has 0 aliphatic carbocycles. The van der Waals surface area contributed by atoms with Crippen LogP contribution in [0.2, 0.25) is 0 Å². The summed E-state index contributed by atoms with van der Waals surface area (Å²) in [5.41, 5.74) is 1.01. The van der Waals surface area contributed by atoms with E-state index in [9.17, 15) is 9.59 Å². The van der Waals surface area contributed by atoms with Crippen molar-refractivity contribution in [1.82, 2.24) is 10.6 Å². The summed E-state index contributed by atoms with van der Waals surface area (Å²) in [5, 5.41) is 8.93. The second kappa shape index (κ2) is 8.92. The first-order chi connectivity index (χ1) is 12.0. The molecule has 0 saturated carbocycles. The summed E-state index contributed by atoms with van der Waals surface area (Å²) in [6.45, 7) is 6.29. The van der Waals surface area contributed by atoms with Gasteiger partial charge in [-0.2, -0.15) is 0 Å². The van der Waals surface area contributed by atoms with Gasteiger partial charge in [-0.05, 0) is 37.1 Å². The first-order valence-electron chi connectivity index (χ1n) is 8.41. The lowest BCUT2D eigenvalue weighted by Gasteiger charge is -2.25. The number of furan rings is 1. The fraction of sp³-hybridized carbons (Fsp3) is 0.368. The maximum atomic E-state index is 12.2. The third-order valence-electron chi connectivity index (χ3n) is 3.91. The van der Waals surface area contributed by atoms with Crippen molar-refractivity contribution in [2.45, 2.75) is 32.9 Å². The average molecular weight is 343 g/mol. The van der Waals surface area contributed by atoms with Gasteiger partial charge < -0.3 is 20.4 Å². The Morgan fingerprint density at radius 2 is 1.76 bits per heavy atom. The molecule has 6 heteroatoms. The number of para-hydroxylation sites is 1. The maximum Gasteiger partial charge on any atom is 0.287 e. The third kappa shape index (κ3) is 5.67. The predicted molar refractivity (Wildman–Crippen MR) is 97.3 cm³/mol. The highest BCUT2D eigenvalue weighted by Crippen LogP contribution is 2.11. The zero-order valence-corrected chi connectivity index (χ0v) is 14.8. The number of anilines is 1. The standard InChI is InChI=1S/C19H25N3O3/c1-13(2)16(22-15-8-5-4-6-9-15)12-20-18(23)14(3)21-19(24)17-10-7-11-25-17/h4-11,13-14,16,22H,12H2,1-3H3,(H,20,23)(H,21,24). The van der Waals surface area contributed by atoms with Gasteiger partial charge in [-0.15, -0.1) is 0 Å². The topological polar surface area (TPSA) is 83.4 Å². The van der Waals surface area contributed by atoms with Crippen LogP contribution in [-0.4, -0.2) is 30.4 Å². The summed E-state index contributed by atoms with van der Waals surface area (Å²) < 4.78 is 5.02. The van der Waals surface area contributed by atoms with Gasteiger partial charge in [0.05, 0.1) is 6.26 Å². The van der Waals surface area contributed by atoms with Crippen molar-refractivity contribution in [3.05, 3.63) is 54.5 Å². The molecule has 1 aromatic carbocycles. The molecular weight excluding hydrogens is 318 g/mol. The highest BCUT2D eigenvalue weighted by Gasteiger charge is 2.20. The zero-order valence-electron chi connectivity index (χ0n) is 14.8. The van der Waals surface area contributed by atoms with E-state index in [0.29, 0.717) is 12.5 Å². The molecule has 0 spiro atoms. The first kappa shape index (κ1) is 18.6. The molecule has 3 N–H and O–H groups in total. The van der Waals surface area contributed by atoms with E-state index in [1.54, 1.807) is 19.1 Å². The summed E-state index contributed by atoms with van der Waals surface area (Å²) in [6, 6.07) is 12.5. The van der Waals surface area contributed by atoms with Crippen molar-refractivity contribution < 1.29 is 14.0 Å². The van der Waals surface area contributed by atoms with Crippen LogP contribution in [0.25, 0.3) is 0 Å². The van der Waals surface area contributed by atoms with E-state index in [1.165, 1.54) is 6.26 Å². The Morgan fingerprint density at radius 3 is 2.36 bits per heavy atom. The van der Waals surface area contributed by atoms with Crippen LogP contribution in [0.3, 0.4) is 0 Å². The molecule has 25 heavy (non-hydrogen) atoms. The molecule has 2 aromatic rings. The lowest BCUT2D eigenvalue weighted by Crippen LogP contribution is -2.48. The molecule has 1 heterocycles. The van der Waals surface area contributed by atoms with Crippen molar-refractivity contribution in [2.24, 2.45) is 5.92 Å². The highest BCUT2D eigenvalue weighted by molar-refractivity contribution is 5.95. The van der Waals surface area contributed by atoms with E-state index in [1.807, 2.05) is 30.3 Å². The number of carbonyl (C=O) groups excluding carboxylic acids is 2. The van der Waals surface area contributed by atoms with Crippen LogP contribution in [0.5, 0.6) is 0 Å². The van der Waals surface area contributed by atoms with Crippen LogP contribution in [0.15, 0.2) is 53.1 Å². The average Bonchev–Trinajstić information content (AvgIpc) is 3.13. The molecule has 0 saturated heterocycles. The van der Waals surface area contributed by atoms with Gasteiger partial charge >= 0.3 is 0 Å². The van der Waals surface area contributed by atoms with Gasteiger partial charge in [-0.1, -0.05) is 32.0 Å².